The Morgan fingerprint density at radius 2 is 1.59 bits per heavy atom. The third-order valence-electron chi connectivity index (χ3n) is 2.85. The van der Waals surface area contributed by atoms with Gasteiger partial charge in [0.1, 0.15) is 5.60 Å². The molecule has 0 aromatic heterocycles. The molecule has 114 valence electrons. The first-order valence-electron chi connectivity index (χ1n) is 7.26. The third kappa shape index (κ3) is 5.09. The lowest BCUT2D eigenvalue weighted by Gasteiger charge is -2.20. The van der Waals surface area contributed by atoms with E-state index in [9.17, 15) is 4.79 Å². The summed E-state index contributed by atoms with van der Waals surface area (Å²) in [6.45, 7) is 5.52. The summed E-state index contributed by atoms with van der Waals surface area (Å²) in [5, 5.41) is 2.79. The highest BCUT2D eigenvalue weighted by molar-refractivity contribution is 5.89. The topological polar surface area (TPSA) is 38.3 Å². The van der Waals surface area contributed by atoms with E-state index >= 15 is 0 Å². The van der Waals surface area contributed by atoms with Crippen molar-refractivity contribution in [2.45, 2.75) is 26.4 Å². The molecule has 0 unspecified atom stereocenters. The van der Waals surface area contributed by atoms with Gasteiger partial charge in [0.2, 0.25) is 0 Å². The van der Waals surface area contributed by atoms with E-state index in [1.807, 2.05) is 87.5 Å². The molecule has 0 heterocycles. The number of nitrogens with one attached hydrogen (secondary N) is 1. The fourth-order valence-electron chi connectivity index (χ4n) is 1.92. The van der Waals surface area contributed by atoms with Gasteiger partial charge >= 0.3 is 6.09 Å². The molecule has 1 N–H and O–H groups in total. The molecule has 0 aliphatic heterocycles. The molecule has 22 heavy (non-hydrogen) atoms. The first-order chi connectivity index (χ1) is 10.4. The van der Waals surface area contributed by atoms with Crippen molar-refractivity contribution in [1.82, 2.24) is 0 Å². The number of para-hydroxylation sites is 1. The number of amides is 1. The maximum atomic E-state index is 11.9. The number of hydrogen-bond acceptors (Lipinski definition) is 2. The van der Waals surface area contributed by atoms with E-state index in [2.05, 4.69) is 5.32 Å². The van der Waals surface area contributed by atoms with Crippen LogP contribution in [0.2, 0.25) is 0 Å². The minimum absolute atomic E-state index is 0.451. The monoisotopic (exact) mass is 295 g/mol. The second kappa shape index (κ2) is 6.94. The maximum absolute atomic E-state index is 11.9. The average Bonchev–Trinajstić information content (AvgIpc) is 2.45. The SMILES string of the molecule is CC(C)(C)OC(=O)Nc1ccccc1/C=C\c1ccccc1. The van der Waals surface area contributed by atoms with Gasteiger partial charge in [-0.2, -0.15) is 0 Å². The Labute approximate surface area is 131 Å². The fraction of sp³-hybridized carbons (Fsp3) is 0.211. The molecule has 1 amide bonds. The zero-order valence-corrected chi connectivity index (χ0v) is 13.2. The normalized spacial score (nSPS) is 11.4. The Bertz CT molecular complexity index is 655. The Hall–Kier alpha value is -2.55. The quantitative estimate of drug-likeness (QED) is 0.790. The highest BCUT2D eigenvalue weighted by Gasteiger charge is 2.16. The third-order valence-corrected chi connectivity index (χ3v) is 2.85. The van der Waals surface area contributed by atoms with Gasteiger partial charge in [0, 0.05) is 0 Å². The Morgan fingerprint density at radius 3 is 2.27 bits per heavy atom. The molecule has 0 aliphatic rings. The smallest absolute Gasteiger partial charge is 0.412 e. The molecular formula is C19H21NO2. The predicted molar refractivity (Wildman–Crippen MR) is 91.7 cm³/mol. The Kier molecular flexibility index (Phi) is 4.99. The number of hydrogen-bond donors (Lipinski definition) is 1. The summed E-state index contributed by atoms with van der Waals surface area (Å²) < 4.78 is 5.29. The van der Waals surface area contributed by atoms with Gasteiger partial charge in [-0.15, -0.1) is 0 Å². The van der Waals surface area contributed by atoms with Crippen LogP contribution < -0.4 is 5.32 Å². The van der Waals surface area contributed by atoms with Crippen molar-refractivity contribution in [2.75, 3.05) is 5.32 Å². The van der Waals surface area contributed by atoms with Crippen molar-refractivity contribution in [3.8, 4) is 0 Å². The molecule has 2 aromatic carbocycles. The molecule has 3 nitrogen and oxygen atoms in total. The summed E-state index contributed by atoms with van der Waals surface area (Å²) >= 11 is 0. The van der Waals surface area contributed by atoms with Crippen molar-refractivity contribution in [3.05, 3.63) is 65.7 Å². The maximum Gasteiger partial charge on any atom is 0.412 e. The summed E-state index contributed by atoms with van der Waals surface area (Å²) in [7, 11) is 0. The molecule has 0 saturated heterocycles. The van der Waals surface area contributed by atoms with Crippen molar-refractivity contribution < 1.29 is 9.53 Å². The van der Waals surface area contributed by atoms with E-state index in [0.717, 1.165) is 16.8 Å². The van der Waals surface area contributed by atoms with Gasteiger partial charge in [0.05, 0.1) is 5.69 Å². The molecule has 0 bridgehead atoms. The number of benzene rings is 2. The molecule has 0 atom stereocenters. The number of ether oxygens (including phenoxy) is 1. The van der Waals surface area contributed by atoms with Crippen molar-refractivity contribution in [3.63, 3.8) is 0 Å². The first-order valence-corrected chi connectivity index (χ1v) is 7.26. The fourth-order valence-corrected chi connectivity index (χ4v) is 1.92. The first kappa shape index (κ1) is 15.8. The van der Waals surface area contributed by atoms with E-state index in [-0.39, 0.29) is 0 Å². The lowest BCUT2D eigenvalue weighted by molar-refractivity contribution is 0.0636. The van der Waals surface area contributed by atoms with Crippen LogP contribution in [-0.2, 0) is 4.74 Å². The lowest BCUT2D eigenvalue weighted by Crippen LogP contribution is -2.27. The van der Waals surface area contributed by atoms with Gasteiger partial charge in [0.15, 0.2) is 0 Å². The highest BCUT2D eigenvalue weighted by Crippen LogP contribution is 2.19. The molecule has 0 radical (unpaired) electrons. The number of rotatable bonds is 3. The zero-order chi connectivity index (χ0) is 16.0. The largest absolute Gasteiger partial charge is 0.444 e. The molecule has 0 saturated carbocycles. The predicted octanol–water partition coefficient (Wildman–Crippen LogP) is 5.20. The number of carbonyl (C=O) groups excluding carboxylic acids is 1. The van der Waals surface area contributed by atoms with Crippen LogP contribution in [0.3, 0.4) is 0 Å². The Balaban J connectivity index is 2.13. The van der Waals surface area contributed by atoms with Crippen molar-refractivity contribution in [1.29, 1.82) is 0 Å². The molecule has 3 heteroatoms. The molecule has 0 aliphatic carbocycles. The molecule has 0 fully saturated rings. The minimum atomic E-state index is -0.515. The van der Waals surface area contributed by atoms with E-state index in [4.69, 9.17) is 4.74 Å². The summed E-state index contributed by atoms with van der Waals surface area (Å²) in [6.07, 6.45) is 3.53. The average molecular weight is 295 g/mol. The van der Waals surface area contributed by atoms with Crippen LogP contribution in [0.25, 0.3) is 12.2 Å². The molecular weight excluding hydrogens is 274 g/mol. The van der Waals surface area contributed by atoms with E-state index < -0.39 is 11.7 Å². The van der Waals surface area contributed by atoms with Gasteiger partial charge in [-0.3, -0.25) is 5.32 Å². The van der Waals surface area contributed by atoms with Crippen LogP contribution in [0, 0.1) is 0 Å². The van der Waals surface area contributed by atoms with Crippen LogP contribution in [0.1, 0.15) is 31.9 Å². The summed E-state index contributed by atoms with van der Waals surface area (Å²) in [4.78, 5) is 11.9. The van der Waals surface area contributed by atoms with Gasteiger partial charge < -0.3 is 4.74 Å². The highest BCUT2D eigenvalue weighted by atomic mass is 16.6. The van der Waals surface area contributed by atoms with Gasteiger partial charge in [-0.05, 0) is 38.0 Å². The second-order valence-corrected chi connectivity index (χ2v) is 5.96. The van der Waals surface area contributed by atoms with E-state index in [0.29, 0.717) is 0 Å². The summed E-state index contributed by atoms with van der Waals surface area (Å²) in [6, 6.07) is 17.6. The zero-order valence-electron chi connectivity index (χ0n) is 13.2. The summed E-state index contributed by atoms with van der Waals surface area (Å²) in [5.74, 6) is 0. The molecule has 2 rings (SSSR count). The van der Waals surface area contributed by atoms with Crippen molar-refractivity contribution >= 4 is 23.9 Å². The lowest BCUT2D eigenvalue weighted by atomic mass is 10.1. The van der Waals surface area contributed by atoms with Crippen LogP contribution in [0.15, 0.2) is 54.6 Å². The van der Waals surface area contributed by atoms with E-state index in [1.54, 1.807) is 0 Å². The van der Waals surface area contributed by atoms with Crippen molar-refractivity contribution in [2.24, 2.45) is 0 Å². The standard InChI is InChI=1S/C19H21NO2/c1-19(2,3)22-18(21)20-17-12-8-7-11-16(17)14-13-15-9-5-4-6-10-15/h4-14H,1-3H3,(H,20,21)/b14-13-. The van der Waals surface area contributed by atoms with Crippen LogP contribution in [-0.4, -0.2) is 11.7 Å². The van der Waals surface area contributed by atoms with Crippen LogP contribution in [0.5, 0.6) is 0 Å². The van der Waals surface area contributed by atoms with Gasteiger partial charge in [0.25, 0.3) is 0 Å². The summed E-state index contributed by atoms with van der Waals surface area (Å²) in [5.41, 5.74) is 2.24. The minimum Gasteiger partial charge on any atom is -0.444 e. The van der Waals surface area contributed by atoms with Crippen LogP contribution in [0.4, 0.5) is 10.5 Å². The van der Waals surface area contributed by atoms with Crippen LogP contribution >= 0.6 is 0 Å². The molecule has 2 aromatic rings. The number of carbonyl (C=O) groups is 1. The van der Waals surface area contributed by atoms with Gasteiger partial charge in [-0.25, -0.2) is 4.79 Å². The van der Waals surface area contributed by atoms with Gasteiger partial charge in [-0.1, -0.05) is 60.7 Å². The van der Waals surface area contributed by atoms with E-state index in [1.165, 1.54) is 0 Å². The second-order valence-electron chi connectivity index (χ2n) is 5.96. The number of anilines is 1. The Morgan fingerprint density at radius 1 is 0.955 bits per heavy atom. The molecule has 0 spiro atoms.